The second kappa shape index (κ2) is 13.0. The van der Waals surface area contributed by atoms with Gasteiger partial charge in [-0.3, -0.25) is 9.59 Å². The summed E-state index contributed by atoms with van der Waals surface area (Å²) >= 11 is 18.2. The topological polar surface area (TPSA) is 89.0 Å². The summed E-state index contributed by atoms with van der Waals surface area (Å²) in [6, 6.07) is 17.1. The highest BCUT2D eigenvalue weighted by Gasteiger charge is 2.09. The highest BCUT2D eigenvalue weighted by Crippen LogP contribution is 2.25. The highest BCUT2D eigenvalue weighted by molar-refractivity contribution is 6.35. The van der Waals surface area contributed by atoms with Crippen molar-refractivity contribution in [1.82, 2.24) is 5.43 Å². The lowest BCUT2D eigenvalue weighted by atomic mass is 10.2. The molecule has 0 heterocycles. The maximum Gasteiger partial charge on any atom is 0.240 e. The van der Waals surface area contributed by atoms with Crippen LogP contribution in [0.25, 0.3) is 0 Å². The number of hydrogen-bond donors (Lipinski definition) is 2. The van der Waals surface area contributed by atoms with Crippen LogP contribution >= 0.6 is 34.8 Å². The second-order valence-corrected chi connectivity index (χ2v) is 8.56. The minimum atomic E-state index is -0.413. The number of ether oxygens (including phenoxy) is 2. The molecule has 0 saturated heterocycles. The molecule has 0 aliphatic rings. The Morgan fingerprint density at radius 1 is 0.914 bits per heavy atom. The van der Waals surface area contributed by atoms with E-state index < -0.39 is 5.91 Å². The van der Waals surface area contributed by atoms with Gasteiger partial charge >= 0.3 is 0 Å². The summed E-state index contributed by atoms with van der Waals surface area (Å²) < 4.78 is 10.9. The monoisotopic (exact) mass is 533 g/mol. The van der Waals surface area contributed by atoms with E-state index in [4.69, 9.17) is 44.3 Å². The van der Waals surface area contributed by atoms with Crippen molar-refractivity contribution in [2.75, 3.05) is 12.4 Å². The summed E-state index contributed by atoms with van der Waals surface area (Å²) in [5.74, 6) is 0.476. The highest BCUT2D eigenvalue weighted by atomic mass is 35.5. The molecule has 10 heteroatoms. The minimum absolute atomic E-state index is 0.000754. The first-order valence-corrected chi connectivity index (χ1v) is 11.6. The first-order valence-electron chi connectivity index (χ1n) is 10.5. The summed E-state index contributed by atoms with van der Waals surface area (Å²) in [5, 5.41) is 8.18. The van der Waals surface area contributed by atoms with Crippen LogP contribution in [-0.4, -0.2) is 25.1 Å². The van der Waals surface area contributed by atoms with Crippen LogP contribution in [0.4, 0.5) is 5.69 Å². The van der Waals surface area contributed by atoms with E-state index in [2.05, 4.69) is 15.8 Å². The molecule has 0 saturated carbocycles. The van der Waals surface area contributed by atoms with Crippen molar-refractivity contribution in [1.29, 1.82) is 0 Å². The van der Waals surface area contributed by atoms with Crippen molar-refractivity contribution in [2.24, 2.45) is 5.10 Å². The predicted octanol–water partition coefficient (Wildman–Crippen LogP) is 6.10. The Morgan fingerprint density at radius 3 is 2.31 bits per heavy atom. The van der Waals surface area contributed by atoms with Gasteiger partial charge in [-0.25, -0.2) is 5.43 Å². The third-order valence-corrected chi connectivity index (χ3v) is 5.54. The predicted molar refractivity (Wildman–Crippen MR) is 139 cm³/mol. The summed E-state index contributed by atoms with van der Waals surface area (Å²) in [6.45, 7) is 0.203. The second-order valence-electron chi connectivity index (χ2n) is 7.28. The number of anilines is 1. The zero-order valence-electron chi connectivity index (χ0n) is 18.7. The van der Waals surface area contributed by atoms with Crippen LogP contribution in [-0.2, 0) is 16.2 Å². The van der Waals surface area contributed by atoms with Crippen LogP contribution in [0.5, 0.6) is 11.5 Å². The summed E-state index contributed by atoms with van der Waals surface area (Å²) in [4.78, 5) is 24.2. The van der Waals surface area contributed by atoms with Gasteiger partial charge in [0.2, 0.25) is 11.8 Å². The largest absolute Gasteiger partial charge is 0.497 e. The lowest BCUT2D eigenvalue weighted by molar-refractivity contribution is -0.124. The zero-order chi connectivity index (χ0) is 25.2. The Labute approximate surface area is 218 Å². The molecule has 3 aromatic rings. The van der Waals surface area contributed by atoms with E-state index in [0.717, 1.165) is 5.56 Å². The van der Waals surface area contributed by atoms with Gasteiger partial charge in [0.15, 0.2) is 0 Å². The number of nitrogens with zero attached hydrogens (tertiary/aromatic N) is 1. The van der Waals surface area contributed by atoms with E-state index in [9.17, 15) is 9.59 Å². The molecular weight excluding hydrogens is 513 g/mol. The number of rotatable bonds is 10. The number of amides is 2. The van der Waals surface area contributed by atoms with Crippen molar-refractivity contribution < 1.29 is 19.1 Å². The van der Waals surface area contributed by atoms with E-state index in [-0.39, 0.29) is 25.4 Å². The molecule has 0 aliphatic heterocycles. The van der Waals surface area contributed by atoms with Gasteiger partial charge in [-0.1, -0.05) is 40.9 Å². The fourth-order valence-electron chi connectivity index (χ4n) is 2.90. The Kier molecular flexibility index (Phi) is 9.78. The average Bonchev–Trinajstić information content (AvgIpc) is 2.83. The summed E-state index contributed by atoms with van der Waals surface area (Å²) in [5.41, 5.74) is 4.33. The number of hydrogen-bond acceptors (Lipinski definition) is 5. The van der Waals surface area contributed by atoms with Crippen molar-refractivity contribution in [3.63, 3.8) is 0 Å². The zero-order valence-corrected chi connectivity index (χ0v) is 21.0. The lowest BCUT2D eigenvalue weighted by Crippen LogP contribution is -2.20. The van der Waals surface area contributed by atoms with Gasteiger partial charge in [-0.05, 0) is 54.6 Å². The van der Waals surface area contributed by atoms with Crippen molar-refractivity contribution in [2.45, 2.75) is 19.4 Å². The van der Waals surface area contributed by atoms with E-state index in [1.807, 2.05) is 0 Å². The molecule has 35 heavy (non-hydrogen) atoms. The Morgan fingerprint density at radius 2 is 1.60 bits per heavy atom. The molecule has 0 aromatic heterocycles. The van der Waals surface area contributed by atoms with Gasteiger partial charge in [0.25, 0.3) is 0 Å². The molecule has 3 aromatic carbocycles. The fourth-order valence-corrected chi connectivity index (χ4v) is 3.54. The average molecular weight is 535 g/mol. The van der Waals surface area contributed by atoms with Gasteiger partial charge in [-0.15, -0.1) is 0 Å². The molecule has 7 nitrogen and oxygen atoms in total. The molecule has 0 spiro atoms. The standard InChI is InChI=1S/C25H22Cl3N3O4/c1-34-21-7-5-20(6-8-21)30-24(32)10-11-25(33)31-29-14-17-12-18(26)4-9-23(17)35-15-16-2-3-19(27)13-22(16)28/h2-9,12-14H,10-11,15H2,1H3,(H,30,32)(H,31,33). The van der Waals surface area contributed by atoms with Crippen LogP contribution in [0.15, 0.2) is 65.8 Å². The molecule has 0 fully saturated rings. The molecular formula is C25H22Cl3N3O4. The number of hydrazone groups is 1. The van der Waals surface area contributed by atoms with E-state index in [1.54, 1.807) is 67.8 Å². The van der Waals surface area contributed by atoms with E-state index in [0.29, 0.717) is 37.8 Å². The smallest absolute Gasteiger partial charge is 0.240 e. The van der Waals surface area contributed by atoms with E-state index >= 15 is 0 Å². The third-order valence-electron chi connectivity index (χ3n) is 4.72. The molecule has 2 N–H and O–H groups in total. The van der Waals surface area contributed by atoms with Crippen LogP contribution in [0.3, 0.4) is 0 Å². The van der Waals surface area contributed by atoms with Gasteiger partial charge in [0.1, 0.15) is 18.1 Å². The Hall–Kier alpha value is -3.26. The number of carbonyl (C=O) groups is 2. The first-order chi connectivity index (χ1) is 16.8. The Balaban J connectivity index is 1.51. The van der Waals surface area contributed by atoms with Gasteiger partial charge < -0.3 is 14.8 Å². The number of benzene rings is 3. The number of methoxy groups -OCH3 is 1. The third kappa shape index (κ3) is 8.47. The maximum atomic E-state index is 12.1. The van der Waals surface area contributed by atoms with Crippen molar-refractivity contribution >= 4 is 58.5 Å². The lowest BCUT2D eigenvalue weighted by Gasteiger charge is -2.11. The first kappa shape index (κ1) is 26.3. The minimum Gasteiger partial charge on any atom is -0.497 e. The molecule has 3 rings (SSSR count). The maximum absolute atomic E-state index is 12.1. The molecule has 2 amide bonds. The van der Waals surface area contributed by atoms with E-state index in [1.165, 1.54) is 6.21 Å². The quantitative estimate of drug-likeness (QED) is 0.243. The van der Waals surface area contributed by atoms with Crippen molar-refractivity contribution in [3.05, 3.63) is 86.9 Å². The van der Waals surface area contributed by atoms with Crippen molar-refractivity contribution in [3.8, 4) is 11.5 Å². The molecule has 0 bridgehead atoms. The SMILES string of the molecule is COc1ccc(NC(=O)CCC(=O)NN=Cc2cc(Cl)ccc2OCc2ccc(Cl)cc2Cl)cc1. The molecule has 0 unspecified atom stereocenters. The van der Waals surface area contributed by atoms with Gasteiger partial charge in [-0.2, -0.15) is 5.10 Å². The molecule has 0 aliphatic carbocycles. The van der Waals surface area contributed by atoms with Crippen LogP contribution in [0.1, 0.15) is 24.0 Å². The summed E-state index contributed by atoms with van der Waals surface area (Å²) in [6.07, 6.45) is 1.38. The van der Waals surface area contributed by atoms with Gasteiger partial charge in [0.05, 0.1) is 13.3 Å². The Bertz CT molecular complexity index is 1220. The number of nitrogens with one attached hydrogen (secondary N) is 2. The summed E-state index contributed by atoms with van der Waals surface area (Å²) in [7, 11) is 1.56. The van der Waals surface area contributed by atoms with Crippen LogP contribution < -0.4 is 20.2 Å². The van der Waals surface area contributed by atoms with Crippen LogP contribution in [0, 0.1) is 0 Å². The molecule has 0 radical (unpaired) electrons. The van der Waals surface area contributed by atoms with Crippen LogP contribution in [0.2, 0.25) is 15.1 Å². The molecule has 0 atom stereocenters. The normalized spacial score (nSPS) is 10.7. The fraction of sp³-hybridized carbons (Fsp3) is 0.160. The number of halogens is 3. The molecule has 182 valence electrons. The number of carbonyl (C=O) groups excluding carboxylic acids is 2. The van der Waals surface area contributed by atoms with Gasteiger partial charge in [0, 0.05) is 44.7 Å².